The fourth-order valence-corrected chi connectivity index (χ4v) is 8.32. The van der Waals surface area contributed by atoms with Crippen molar-refractivity contribution < 1.29 is 55.0 Å². The Kier molecular flexibility index (Phi) is 14.4. The number of halogens is 2. The van der Waals surface area contributed by atoms with Crippen LogP contribution in [0.1, 0.15) is 45.2 Å². The van der Waals surface area contributed by atoms with Gasteiger partial charge in [-0.15, -0.1) is 0 Å². The summed E-state index contributed by atoms with van der Waals surface area (Å²) < 4.78 is 92.1. The van der Waals surface area contributed by atoms with Crippen LogP contribution in [0.15, 0.2) is 90.5 Å². The third-order valence-electron chi connectivity index (χ3n) is 11.2. The third kappa shape index (κ3) is 11.6. The Morgan fingerprint density at radius 2 is 1.58 bits per heavy atom. The van der Waals surface area contributed by atoms with Crippen molar-refractivity contribution in [3.05, 3.63) is 113 Å². The molecule has 4 heterocycles. The Morgan fingerprint density at radius 1 is 0.923 bits per heavy atom. The minimum absolute atomic E-state index is 0.0537. The summed E-state index contributed by atoms with van der Waals surface area (Å²) >= 11 is 0. The molecule has 0 amide bonds. The fraction of sp³-hybridized carbons (Fsp3) is 0.429. The van der Waals surface area contributed by atoms with Crippen LogP contribution in [-0.2, 0) is 46.2 Å². The van der Waals surface area contributed by atoms with Crippen molar-refractivity contribution in [2.24, 2.45) is 5.92 Å². The van der Waals surface area contributed by atoms with Crippen molar-refractivity contribution in [3.63, 3.8) is 0 Å². The van der Waals surface area contributed by atoms with Crippen molar-refractivity contribution in [2.75, 3.05) is 55.7 Å². The Balaban J connectivity index is 0.877. The van der Waals surface area contributed by atoms with Gasteiger partial charge in [-0.05, 0) is 74.4 Å². The zero-order chi connectivity index (χ0) is 46.3. The summed E-state index contributed by atoms with van der Waals surface area (Å²) in [5.74, 6) is -1.82. The van der Waals surface area contributed by atoms with Gasteiger partial charge in [0, 0.05) is 62.0 Å². The molecule has 2 aromatic heterocycles. The Bertz CT molecular complexity index is 2570. The molecule has 7 rings (SSSR count). The Morgan fingerprint density at radius 3 is 2.20 bits per heavy atom. The molecule has 23 heteroatoms. The average Bonchev–Trinajstić information content (AvgIpc) is 4.04. The number of benzene rings is 3. The first-order valence-corrected chi connectivity index (χ1v) is 22.2. The summed E-state index contributed by atoms with van der Waals surface area (Å²) in [5.41, 5.74) is 1.38. The van der Waals surface area contributed by atoms with Gasteiger partial charge >= 0.3 is 28.1 Å². The molecule has 65 heavy (non-hydrogen) atoms. The van der Waals surface area contributed by atoms with Crippen molar-refractivity contribution in [1.29, 1.82) is 0 Å². The molecular formula is C42H49F2N9O11S. The van der Waals surface area contributed by atoms with Gasteiger partial charge in [-0.1, -0.05) is 13.0 Å². The molecule has 5 atom stereocenters. The second-order valence-electron chi connectivity index (χ2n) is 15.6. The van der Waals surface area contributed by atoms with Crippen molar-refractivity contribution >= 4 is 33.8 Å². The average molecular weight is 926 g/mol. The molecule has 2 saturated heterocycles. The first-order valence-electron chi connectivity index (χ1n) is 20.8. The molecule has 20 nitrogen and oxygen atoms in total. The van der Waals surface area contributed by atoms with E-state index in [0.717, 1.165) is 43.6 Å². The van der Waals surface area contributed by atoms with Gasteiger partial charge in [-0.2, -0.15) is 23.3 Å². The van der Waals surface area contributed by atoms with E-state index in [0.29, 0.717) is 37.5 Å². The Hall–Kier alpha value is -6.43. The van der Waals surface area contributed by atoms with Crippen LogP contribution < -0.4 is 24.9 Å². The van der Waals surface area contributed by atoms with E-state index >= 15 is 4.39 Å². The van der Waals surface area contributed by atoms with Crippen LogP contribution in [0, 0.1) is 17.6 Å². The first kappa shape index (κ1) is 46.6. The van der Waals surface area contributed by atoms with Gasteiger partial charge in [0.05, 0.1) is 31.5 Å². The highest BCUT2D eigenvalue weighted by Gasteiger charge is 2.45. The second-order valence-corrected chi connectivity index (χ2v) is 16.9. The number of anilines is 2. The van der Waals surface area contributed by atoms with Gasteiger partial charge in [0.1, 0.15) is 54.6 Å². The van der Waals surface area contributed by atoms with Gasteiger partial charge in [0.25, 0.3) is 0 Å². The number of aromatic nitrogens is 6. The van der Waals surface area contributed by atoms with Crippen molar-refractivity contribution in [3.8, 4) is 11.4 Å². The molecule has 3 aromatic carbocycles. The van der Waals surface area contributed by atoms with E-state index in [-0.39, 0.29) is 18.0 Å². The highest BCUT2D eigenvalue weighted by Crippen LogP contribution is 2.42. The highest BCUT2D eigenvalue weighted by atomic mass is 32.2. The van der Waals surface area contributed by atoms with Crippen LogP contribution in [0.25, 0.3) is 5.69 Å². The van der Waals surface area contributed by atoms with E-state index in [1.165, 1.54) is 52.0 Å². The standard InChI is InChI=1S/C42H49F2N9O11S/c1-4-38(28(2)62-41(56)64-29(3)63-39(54)21-48-65(57,58)59)53-40(55)52(27-47-53)34-8-6-32(7-9-34)49-15-17-50(18-16-49)33-10-12-35(13-11-33)60-22-30-20-42(61-23-30,24-51-26-45-25-46-51)36-14-5-31(43)19-37(36)44/h5-14,19,25-30,38,48H,4,15-18,20-24H2,1-3H3,(H,57,58,59)/t28-,29?,30+,38-,42-/m0/s1. The van der Waals surface area contributed by atoms with Gasteiger partial charge in [-0.3, -0.25) is 9.35 Å². The molecular weight excluding hydrogens is 877 g/mol. The molecule has 2 aliphatic rings. The van der Waals surface area contributed by atoms with Gasteiger partial charge in [0.2, 0.25) is 6.29 Å². The number of nitrogens with zero attached hydrogens (tertiary/aromatic N) is 8. The first-order chi connectivity index (χ1) is 31.1. The maximum Gasteiger partial charge on any atom is 0.511 e. The number of esters is 1. The lowest BCUT2D eigenvalue weighted by molar-refractivity contribution is -0.167. The molecule has 5 aromatic rings. The molecule has 1 unspecified atom stereocenters. The number of piperazine rings is 1. The third-order valence-corrected chi connectivity index (χ3v) is 11.7. The number of hydrogen-bond donors (Lipinski definition) is 2. The molecule has 0 bridgehead atoms. The normalized spacial score (nSPS) is 19.1. The quantitative estimate of drug-likeness (QED) is 0.0720. The van der Waals surface area contributed by atoms with Crippen LogP contribution in [0.4, 0.5) is 25.0 Å². The summed E-state index contributed by atoms with van der Waals surface area (Å²) in [6.07, 6.45) is 1.57. The second kappa shape index (κ2) is 20.2. The van der Waals surface area contributed by atoms with E-state index in [4.69, 9.17) is 28.2 Å². The molecule has 348 valence electrons. The summed E-state index contributed by atoms with van der Waals surface area (Å²) in [7, 11) is -4.62. The predicted octanol–water partition coefficient (Wildman–Crippen LogP) is 4.02. The zero-order valence-corrected chi connectivity index (χ0v) is 36.6. The van der Waals surface area contributed by atoms with Crippen LogP contribution in [0.5, 0.6) is 5.75 Å². The summed E-state index contributed by atoms with van der Waals surface area (Å²) in [6, 6.07) is 18.3. The molecule has 0 spiro atoms. The van der Waals surface area contributed by atoms with Crippen LogP contribution in [-0.4, -0.2) is 113 Å². The number of hydrogen-bond acceptors (Lipinski definition) is 15. The number of ether oxygens (including phenoxy) is 5. The lowest BCUT2D eigenvalue weighted by atomic mass is 9.87. The number of carbonyl (C=O) groups excluding carboxylic acids is 2. The van der Waals surface area contributed by atoms with Crippen molar-refractivity contribution in [1.82, 2.24) is 33.8 Å². The molecule has 0 saturated carbocycles. The van der Waals surface area contributed by atoms with E-state index in [2.05, 4.69) is 25.0 Å². The van der Waals surface area contributed by atoms with Gasteiger partial charge in [0.15, 0.2) is 0 Å². The van der Waals surface area contributed by atoms with Crippen LogP contribution >= 0.6 is 0 Å². The monoisotopic (exact) mass is 925 g/mol. The molecule has 2 fully saturated rings. The van der Waals surface area contributed by atoms with Crippen molar-refractivity contribution in [2.45, 2.75) is 64.2 Å². The lowest BCUT2D eigenvalue weighted by Crippen LogP contribution is -2.46. The van der Waals surface area contributed by atoms with Crippen LogP contribution in [0.2, 0.25) is 0 Å². The van der Waals surface area contributed by atoms with Crippen LogP contribution in [0.3, 0.4) is 0 Å². The summed E-state index contributed by atoms with van der Waals surface area (Å²) in [6.45, 7) is 7.61. The zero-order valence-electron chi connectivity index (χ0n) is 35.7. The SMILES string of the molecule is CC[C@@H]([C@H](C)OC(=O)OC(C)OC(=O)CNS(=O)(=O)O)n1ncn(-c2ccc(N3CCN(c4ccc(OC[C@@H]5CO[C@@](Cn6cncn6)(c6ccc(F)cc6F)C5)cc4)CC3)cc2)c1=O. The molecule has 0 radical (unpaired) electrons. The molecule has 0 aliphatic carbocycles. The summed E-state index contributed by atoms with van der Waals surface area (Å²) in [5, 5.41) is 8.46. The predicted molar refractivity (Wildman–Crippen MR) is 228 cm³/mol. The minimum Gasteiger partial charge on any atom is -0.493 e. The largest absolute Gasteiger partial charge is 0.511 e. The fourth-order valence-electron chi connectivity index (χ4n) is 8.02. The van der Waals surface area contributed by atoms with E-state index in [9.17, 15) is 27.2 Å². The number of nitrogens with one attached hydrogen (secondary N) is 1. The van der Waals surface area contributed by atoms with E-state index < -0.39 is 70.3 Å². The van der Waals surface area contributed by atoms with E-state index in [1.54, 1.807) is 18.5 Å². The van der Waals surface area contributed by atoms with E-state index in [1.807, 2.05) is 48.5 Å². The minimum atomic E-state index is -4.62. The summed E-state index contributed by atoms with van der Waals surface area (Å²) in [4.78, 5) is 46.2. The number of carbonyl (C=O) groups is 2. The smallest absolute Gasteiger partial charge is 0.493 e. The number of rotatable bonds is 18. The highest BCUT2D eigenvalue weighted by molar-refractivity contribution is 7.83. The lowest BCUT2D eigenvalue weighted by Gasteiger charge is -2.37. The maximum absolute atomic E-state index is 15.0. The molecule has 2 aliphatic heterocycles. The van der Waals surface area contributed by atoms with Gasteiger partial charge in [-0.25, -0.2) is 37.3 Å². The Labute approximate surface area is 372 Å². The van der Waals surface area contributed by atoms with Gasteiger partial charge < -0.3 is 33.5 Å². The maximum atomic E-state index is 15.0. The topological polar surface area (TPSA) is 224 Å². The molecule has 2 N–H and O–H groups in total.